The van der Waals surface area contributed by atoms with Crippen LogP contribution in [0.4, 0.5) is 13.2 Å². The Morgan fingerprint density at radius 2 is 1.90 bits per heavy atom. The molecule has 0 saturated carbocycles. The summed E-state index contributed by atoms with van der Waals surface area (Å²) in [7, 11) is 1.08. The predicted molar refractivity (Wildman–Crippen MR) is 124 cm³/mol. The maximum atomic E-state index is 12.6. The van der Waals surface area contributed by atoms with Gasteiger partial charge in [0, 0.05) is 38.2 Å². The molecule has 0 spiro atoms. The van der Waals surface area contributed by atoms with Crippen molar-refractivity contribution >= 4 is 53.4 Å². The zero-order valence-electron chi connectivity index (χ0n) is 17.3. The molecule has 1 aliphatic rings. The SMILES string of the molecule is CCNC(=NCC(=O)N(C)CC(F)(F)F)N1CCN(Cc2ccc(Cl)cc2)C(=O)C1.I. The topological polar surface area (TPSA) is 68.2 Å². The highest BCUT2D eigenvalue weighted by atomic mass is 127. The van der Waals surface area contributed by atoms with Crippen molar-refractivity contribution in [2.24, 2.45) is 4.99 Å². The first-order valence-electron chi connectivity index (χ1n) is 9.45. The molecule has 0 atom stereocenters. The van der Waals surface area contributed by atoms with E-state index in [0.717, 1.165) is 12.6 Å². The van der Waals surface area contributed by atoms with E-state index in [1.54, 1.807) is 21.9 Å². The molecule has 1 aromatic rings. The highest BCUT2D eigenvalue weighted by Gasteiger charge is 2.31. The molecule has 0 aliphatic carbocycles. The molecule has 7 nitrogen and oxygen atoms in total. The molecule has 1 heterocycles. The number of carbonyl (C=O) groups excluding carboxylic acids is 2. The zero-order valence-corrected chi connectivity index (χ0v) is 20.4. The molecule has 1 N–H and O–H groups in total. The van der Waals surface area contributed by atoms with Crippen molar-refractivity contribution < 1.29 is 22.8 Å². The van der Waals surface area contributed by atoms with Crippen molar-refractivity contribution in [1.29, 1.82) is 0 Å². The van der Waals surface area contributed by atoms with Gasteiger partial charge in [-0.1, -0.05) is 23.7 Å². The lowest BCUT2D eigenvalue weighted by atomic mass is 10.2. The van der Waals surface area contributed by atoms with Crippen LogP contribution in [0.1, 0.15) is 12.5 Å². The Kier molecular flexibility index (Phi) is 10.8. The van der Waals surface area contributed by atoms with Gasteiger partial charge in [-0.3, -0.25) is 9.59 Å². The molecule has 0 radical (unpaired) electrons. The first kappa shape index (κ1) is 27.3. The molecule has 1 aromatic carbocycles. The Morgan fingerprint density at radius 3 is 2.45 bits per heavy atom. The van der Waals surface area contributed by atoms with Gasteiger partial charge in [0.1, 0.15) is 13.1 Å². The van der Waals surface area contributed by atoms with Gasteiger partial charge in [0.25, 0.3) is 0 Å². The second kappa shape index (κ2) is 12.3. The number of benzene rings is 1. The van der Waals surface area contributed by atoms with Crippen LogP contribution >= 0.6 is 35.6 Å². The summed E-state index contributed by atoms with van der Waals surface area (Å²) in [5, 5.41) is 3.61. The summed E-state index contributed by atoms with van der Waals surface area (Å²) in [5.74, 6) is -0.538. The normalized spacial score (nSPS) is 14.9. The highest BCUT2D eigenvalue weighted by molar-refractivity contribution is 14.0. The molecule has 2 amide bonds. The Balaban J connectivity index is 0.00000480. The summed E-state index contributed by atoms with van der Waals surface area (Å²) in [6.45, 7) is 2.00. The van der Waals surface area contributed by atoms with Crippen LogP contribution < -0.4 is 5.32 Å². The molecule has 2 rings (SSSR count). The van der Waals surface area contributed by atoms with E-state index in [1.165, 1.54) is 0 Å². The number of nitrogens with one attached hydrogen (secondary N) is 1. The van der Waals surface area contributed by atoms with Gasteiger partial charge in [-0.2, -0.15) is 13.2 Å². The minimum absolute atomic E-state index is 0. The van der Waals surface area contributed by atoms with Gasteiger partial charge in [0.15, 0.2) is 5.96 Å². The van der Waals surface area contributed by atoms with Crippen LogP contribution in [0.2, 0.25) is 5.02 Å². The van der Waals surface area contributed by atoms with E-state index >= 15 is 0 Å². The predicted octanol–water partition coefficient (Wildman–Crippen LogP) is 2.59. The zero-order chi connectivity index (χ0) is 22.3. The number of likely N-dealkylation sites (N-methyl/N-ethyl adjacent to an activating group) is 1. The fourth-order valence-electron chi connectivity index (χ4n) is 2.91. The van der Waals surface area contributed by atoms with E-state index in [-0.39, 0.29) is 36.4 Å². The molecule has 1 aliphatic heterocycles. The van der Waals surface area contributed by atoms with Gasteiger partial charge in [-0.15, -0.1) is 24.0 Å². The van der Waals surface area contributed by atoms with Crippen molar-refractivity contribution in [2.75, 3.05) is 46.3 Å². The quantitative estimate of drug-likeness (QED) is 0.322. The van der Waals surface area contributed by atoms with E-state index in [4.69, 9.17) is 11.6 Å². The lowest BCUT2D eigenvalue weighted by molar-refractivity contribution is -0.157. The Hall–Kier alpha value is -1.76. The molecule has 0 aromatic heterocycles. The van der Waals surface area contributed by atoms with E-state index in [0.29, 0.717) is 42.1 Å². The minimum atomic E-state index is -4.47. The average molecular weight is 576 g/mol. The fraction of sp³-hybridized carbons (Fsp3) is 0.526. The second-order valence-corrected chi connectivity index (χ2v) is 7.33. The Labute approximate surface area is 201 Å². The number of piperazine rings is 1. The van der Waals surface area contributed by atoms with Crippen LogP contribution in [0.25, 0.3) is 0 Å². The van der Waals surface area contributed by atoms with Crippen molar-refractivity contribution in [2.45, 2.75) is 19.6 Å². The van der Waals surface area contributed by atoms with Gasteiger partial charge < -0.3 is 20.0 Å². The molecule has 12 heteroatoms. The number of hydrogen-bond donors (Lipinski definition) is 1. The maximum absolute atomic E-state index is 12.6. The van der Waals surface area contributed by atoms with Gasteiger partial charge in [-0.05, 0) is 24.6 Å². The summed E-state index contributed by atoms with van der Waals surface area (Å²) in [6, 6.07) is 7.24. The third-order valence-electron chi connectivity index (χ3n) is 4.45. The van der Waals surface area contributed by atoms with Gasteiger partial charge in [0.2, 0.25) is 11.8 Å². The number of hydrogen-bond acceptors (Lipinski definition) is 3. The van der Waals surface area contributed by atoms with Gasteiger partial charge in [-0.25, -0.2) is 4.99 Å². The van der Waals surface area contributed by atoms with Crippen LogP contribution in [0.5, 0.6) is 0 Å². The summed E-state index contributed by atoms with van der Waals surface area (Å²) in [5.41, 5.74) is 0.958. The standard InChI is InChI=1S/C19H25ClF3N5O2.HI/c1-3-24-18(25-10-16(29)26(2)13-19(21,22)23)28-9-8-27(17(30)12-28)11-14-4-6-15(20)7-5-14;/h4-7H,3,8-13H2,1-2H3,(H,24,25);1H. The second-order valence-electron chi connectivity index (χ2n) is 6.90. The molecular formula is C19H26ClF3IN5O2. The first-order chi connectivity index (χ1) is 14.1. The summed E-state index contributed by atoms with van der Waals surface area (Å²) < 4.78 is 37.3. The Bertz CT molecular complexity index is 777. The third-order valence-corrected chi connectivity index (χ3v) is 4.70. The number of amides is 2. The Morgan fingerprint density at radius 1 is 1.26 bits per heavy atom. The molecule has 1 fully saturated rings. The summed E-state index contributed by atoms with van der Waals surface area (Å²) in [4.78, 5) is 32.6. The number of rotatable bonds is 6. The van der Waals surface area contributed by atoms with Crippen molar-refractivity contribution in [3.63, 3.8) is 0 Å². The monoisotopic (exact) mass is 575 g/mol. The maximum Gasteiger partial charge on any atom is 0.406 e. The lowest BCUT2D eigenvalue weighted by Crippen LogP contribution is -2.55. The molecule has 1 saturated heterocycles. The molecule has 0 unspecified atom stereocenters. The van der Waals surface area contributed by atoms with Crippen LogP contribution in [-0.4, -0.2) is 85.0 Å². The minimum Gasteiger partial charge on any atom is -0.356 e. The molecule has 0 bridgehead atoms. The molecular weight excluding hydrogens is 550 g/mol. The van der Waals surface area contributed by atoms with Crippen LogP contribution in [0.3, 0.4) is 0 Å². The smallest absolute Gasteiger partial charge is 0.356 e. The molecule has 31 heavy (non-hydrogen) atoms. The number of nitrogens with zero attached hydrogens (tertiary/aromatic N) is 4. The number of halogens is 5. The van der Waals surface area contributed by atoms with Gasteiger partial charge in [0.05, 0.1) is 6.54 Å². The van der Waals surface area contributed by atoms with Gasteiger partial charge >= 0.3 is 6.18 Å². The molecule has 174 valence electrons. The van der Waals surface area contributed by atoms with Crippen LogP contribution in [0.15, 0.2) is 29.3 Å². The summed E-state index contributed by atoms with van der Waals surface area (Å²) in [6.07, 6.45) is -4.47. The average Bonchev–Trinajstić information content (AvgIpc) is 2.66. The fourth-order valence-corrected chi connectivity index (χ4v) is 3.04. The van der Waals surface area contributed by atoms with Crippen molar-refractivity contribution in [3.8, 4) is 0 Å². The highest BCUT2D eigenvalue weighted by Crippen LogP contribution is 2.16. The van der Waals surface area contributed by atoms with Crippen molar-refractivity contribution in [1.82, 2.24) is 20.0 Å². The van der Waals surface area contributed by atoms with Crippen molar-refractivity contribution in [3.05, 3.63) is 34.9 Å². The van der Waals surface area contributed by atoms with E-state index in [1.807, 2.05) is 19.1 Å². The van der Waals surface area contributed by atoms with E-state index in [2.05, 4.69) is 10.3 Å². The summed E-state index contributed by atoms with van der Waals surface area (Å²) >= 11 is 5.88. The largest absolute Gasteiger partial charge is 0.406 e. The van der Waals surface area contributed by atoms with Crippen LogP contribution in [-0.2, 0) is 16.1 Å². The van der Waals surface area contributed by atoms with Crippen LogP contribution in [0, 0.1) is 0 Å². The number of guanidine groups is 1. The number of carbonyl (C=O) groups is 2. The number of alkyl halides is 3. The third kappa shape index (κ3) is 9.09. The lowest BCUT2D eigenvalue weighted by Gasteiger charge is -2.36. The first-order valence-corrected chi connectivity index (χ1v) is 9.83. The van der Waals surface area contributed by atoms with E-state index < -0.39 is 25.2 Å². The van der Waals surface area contributed by atoms with E-state index in [9.17, 15) is 22.8 Å². The number of aliphatic imine (C=N–C) groups is 1.